The van der Waals surface area contributed by atoms with E-state index < -0.39 is 12.1 Å². The second kappa shape index (κ2) is 8.36. The molecule has 1 aliphatic heterocycles. The van der Waals surface area contributed by atoms with Crippen molar-refractivity contribution in [2.75, 3.05) is 13.1 Å². The lowest BCUT2D eigenvalue weighted by atomic mass is 10.1. The van der Waals surface area contributed by atoms with Crippen LogP contribution in [-0.4, -0.2) is 36.0 Å². The van der Waals surface area contributed by atoms with Crippen LogP contribution in [0.1, 0.15) is 31.7 Å². The Morgan fingerprint density at radius 3 is 2.52 bits per heavy atom. The third-order valence-corrected chi connectivity index (χ3v) is 3.77. The van der Waals surface area contributed by atoms with Crippen molar-refractivity contribution >= 4 is 12.0 Å². The fourth-order valence-electron chi connectivity index (χ4n) is 2.61. The summed E-state index contributed by atoms with van der Waals surface area (Å²) < 4.78 is 5.20. The van der Waals surface area contributed by atoms with E-state index in [9.17, 15) is 9.59 Å². The van der Waals surface area contributed by atoms with Gasteiger partial charge in [0.2, 0.25) is 5.91 Å². The Morgan fingerprint density at radius 1 is 1.26 bits per heavy atom. The number of carbonyl (C=O) groups excluding carboxylic acids is 2. The van der Waals surface area contributed by atoms with Gasteiger partial charge < -0.3 is 15.0 Å². The summed E-state index contributed by atoms with van der Waals surface area (Å²) in [6.45, 7) is 7.39. The summed E-state index contributed by atoms with van der Waals surface area (Å²) in [5, 5.41) is 2.68. The highest BCUT2D eigenvalue weighted by atomic mass is 16.5. The number of amides is 2. The molecule has 0 aromatic heterocycles. The van der Waals surface area contributed by atoms with Gasteiger partial charge in [0.05, 0.1) is 0 Å². The molecule has 0 saturated carbocycles. The number of carbonyl (C=O) groups is 2. The van der Waals surface area contributed by atoms with Gasteiger partial charge in [-0.25, -0.2) is 4.79 Å². The Bertz CT molecular complexity index is 551. The van der Waals surface area contributed by atoms with Crippen LogP contribution in [0.4, 0.5) is 4.79 Å². The molecule has 1 aromatic carbocycles. The van der Waals surface area contributed by atoms with Crippen molar-refractivity contribution < 1.29 is 14.3 Å². The molecule has 0 unspecified atom stereocenters. The third-order valence-electron chi connectivity index (χ3n) is 3.77. The standard InChI is InChI=1S/C18H24N2O3/c1-14(2)12-16(17(21)20-10-6-7-11-20)19-18(22)23-13-15-8-4-3-5-9-15/h3-5,8-9,16H,1,6-7,10-13H2,2H3,(H,19,22)/t16-/m1/s1. The Balaban J connectivity index is 1.89. The second-order valence-electron chi connectivity index (χ2n) is 5.95. The lowest BCUT2D eigenvalue weighted by molar-refractivity contribution is -0.132. The smallest absolute Gasteiger partial charge is 0.408 e. The largest absolute Gasteiger partial charge is 0.445 e. The average Bonchev–Trinajstić information content (AvgIpc) is 3.06. The number of alkyl carbamates (subject to hydrolysis) is 1. The molecule has 124 valence electrons. The van der Waals surface area contributed by atoms with Crippen molar-refractivity contribution in [2.45, 2.75) is 38.8 Å². The highest BCUT2D eigenvalue weighted by Crippen LogP contribution is 2.13. The molecule has 1 N–H and O–H groups in total. The van der Waals surface area contributed by atoms with Gasteiger partial charge in [-0.2, -0.15) is 0 Å². The van der Waals surface area contributed by atoms with Crippen LogP contribution in [-0.2, 0) is 16.1 Å². The number of rotatable bonds is 6. The molecule has 5 heteroatoms. The first-order valence-corrected chi connectivity index (χ1v) is 7.96. The topological polar surface area (TPSA) is 58.6 Å². The summed E-state index contributed by atoms with van der Waals surface area (Å²) in [7, 11) is 0. The highest BCUT2D eigenvalue weighted by Gasteiger charge is 2.28. The molecule has 2 rings (SSSR count). The maximum atomic E-state index is 12.5. The predicted octanol–water partition coefficient (Wildman–Crippen LogP) is 2.87. The summed E-state index contributed by atoms with van der Waals surface area (Å²) in [6.07, 6.45) is 1.89. The van der Waals surface area contributed by atoms with Crippen molar-refractivity contribution in [3.8, 4) is 0 Å². The molecule has 0 bridgehead atoms. The van der Waals surface area contributed by atoms with Gasteiger partial charge in [0.15, 0.2) is 0 Å². The van der Waals surface area contributed by atoms with E-state index in [0.717, 1.165) is 37.1 Å². The zero-order valence-corrected chi connectivity index (χ0v) is 13.6. The van der Waals surface area contributed by atoms with Gasteiger partial charge in [-0.1, -0.05) is 35.9 Å². The Kier molecular flexibility index (Phi) is 6.20. The quantitative estimate of drug-likeness (QED) is 0.821. The number of likely N-dealkylation sites (tertiary alicyclic amines) is 1. The summed E-state index contributed by atoms with van der Waals surface area (Å²) in [5.74, 6) is -0.0536. The molecule has 1 atom stereocenters. The van der Waals surface area contributed by atoms with Crippen molar-refractivity contribution in [1.82, 2.24) is 10.2 Å². The van der Waals surface area contributed by atoms with Gasteiger partial charge in [-0.15, -0.1) is 6.58 Å². The van der Waals surface area contributed by atoms with Crippen molar-refractivity contribution in [3.63, 3.8) is 0 Å². The number of nitrogens with zero attached hydrogens (tertiary/aromatic N) is 1. The number of hydrogen-bond acceptors (Lipinski definition) is 3. The maximum Gasteiger partial charge on any atom is 0.408 e. The lowest BCUT2D eigenvalue weighted by Crippen LogP contribution is -2.48. The van der Waals surface area contributed by atoms with Crippen LogP contribution in [0, 0.1) is 0 Å². The zero-order chi connectivity index (χ0) is 16.7. The van der Waals surface area contributed by atoms with Crippen LogP contribution < -0.4 is 5.32 Å². The molecular formula is C18H24N2O3. The molecule has 0 radical (unpaired) electrons. The van der Waals surface area contributed by atoms with E-state index in [2.05, 4.69) is 11.9 Å². The van der Waals surface area contributed by atoms with Gasteiger partial charge in [0.1, 0.15) is 12.6 Å². The highest BCUT2D eigenvalue weighted by molar-refractivity contribution is 5.86. The maximum absolute atomic E-state index is 12.5. The van der Waals surface area contributed by atoms with Crippen LogP contribution in [0.15, 0.2) is 42.5 Å². The monoisotopic (exact) mass is 316 g/mol. The van der Waals surface area contributed by atoms with Crippen LogP contribution in [0.25, 0.3) is 0 Å². The van der Waals surface area contributed by atoms with Gasteiger partial charge in [-0.3, -0.25) is 4.79 Å². The SMILES string of the molecule is C=C(C)C[C@@H](NC(=O)OCc1ccccc1)C(=O)N1CCCC1. The van der Waals surface area contributed by atoms with Crippen LogP contribution in [0.3, 0.4) is 0 Å². The van der Waals surface area contributed by atoms with E-state index in [1.807, 2.05) is 37.3 Å². The molecule has 0 aliphatic carbocycles. The summed E-state index contributed by atoms with van der Waals surface area (Å²) in [6, 6.07) is 8.84. The first kappa shape index (κ1) is 17.1. The predicted molar refractivity (Wildman–Crippen MR) is 88.8 cm³/mol. The number of nitrogens with one attached hydrogen (secondary N) is 1. The molecule has 1 heterocycles. The molecule has 1 aliphatic rings. The van der Waals surface area contributed by atoms with Crippen LogP contribution in [0.5, 0.6) is 0 Å². The molecule has 1 fully saturated rings. The van der Waals surface area contributed by atoms with E-state index in [1.165, 1.54) is 0 Å². The molecule has 1 aromatic rings. The van der Waals surface area contributed by atoms with Gasteiger partial charge in [-0.05, 0) is 31.7 Å². The number of ether oxygens (including phenoxy) is 1. The van der Waals surface area contributed by atoms with Crippen molar-refractivity contribution in [1.29, 1.82) is 0 Å². The third kappa shape index (κ3) is 5.43. The van der Waals surface area contributed by atoms with Crippen molar-refractivity contribution in [3.05, 3.63) is 48.0 Å². The Hall–Kier alpha value is -2.30. The Labute approximate surface area is 137 Å². The minimum absolute atomic E-state index is 0.0536. The molecule has 23 heavy (non-hydrogen) atoms. The summed E-state index contributed by atoms with van der Waals surface area (Å²) in [4.78, 5) is 26.3. The van der Waals surface area contributed by atoms with E-state index >= 15 is 0 Å². The number of benzene rings is 1. The first-order valence-electron chi connectivity index (χ1n) is 7.96. The molecular weight excluding hydrogens is 292 g/mol. The molecule has 5 nitrogen and oxygen atoms in total. The van der Waals surface area contributed by atoms with Gasteiger partial charge in [0, 0.05) is 13.1 Å². The van der Waals surface area contributed by atoms with E-state index in [4.69, 9.17) is 4.74 Å². The van der Waals surface area contributed by atoms with Crippen LogP contribution >= 0.6 is 0 Å². The van der Waals surface area contributed by atoms with E-state index in [-0.39, 0.29) is 12.5 Å². The fourth-order valence-corrected chi connectivity index (χ4v) is 2.61. The minimum atomic E-state index is -0.603. The lowest BCUT2D eigenvalue weighted by Gasteiger charge is -2.24. The zero-order valence-electron chi connectivity index (χ0n) is 13.6. The van der Waals surface area contributed by atoms with Crippen molar-refractivity contribution in [2.24, 2.45) is 0 Å². The van der Waals surface area contributed by atoms with E-state index in [1.54, 1.807) is 4.90 Å². The molecule has 1 saturated heterocycles. The van der Waals surface area contributed by atoms with E-state index in [0.29, 0.717) is 6.42 Å². The normalized spacial score (nSPS) is 15.1. The number of hydrogen-bond donors (Lipinski definition) is 1. The van der Waals surface area contributed by atoms with Gasteiger partial charge >= 0.3 is 6.09 Å². The molecule has 0 spiro atoms. The summed E-state index contributed by atoms with van der Waals surface area (Å²) in [5.41, 5.74) is 1.76. The average molecular weight is 316 g/mol. The van der Waals surface area contributed by atoms with Gasteiger partial charge in [0.25, 0.3) is 0 Å². The second-order valence-corrected chi connectivity index (χ2v) is 5.95. The first-order chi connectivity index (χ1) is 11.1. The molecule has 2 amide bonds. The summed E-state index contributed by atoms with van der Waals surface area (Å²) >= 11 is 0. The van der Waals surface area contributed by atoms with Crippen LogP contribution in [0.2, 0.25) is 0 Å². The minimum Gasteiger partial charge on any atom is -0.445 e. The Morgan fingerprint density at radius 2 is 1.91 bits per heavy atom. The fraction of sp³-hybridized carbons (Fsp3) is 0.444.